The number of allylic oxidation sites excluding steroid dienone is 1. The smallest absolute Gasteiger partial charge is 0.163 e. The van der Waals surface area contributed by atoms with Crippen LogP contribution in [0.3, 0.4) is 0 Å². The zero-order chi connectivity index (χ0) is 24.9. The van der Waals surface area contributed by atoms with Crippen LogP contribution in [-0.4, -0.2) is 17.2 Å². The van der Waals surface area contributed by atoms with E-state index in [1.54, 1.807) is 0 Å². The Kier molecular flexibility index (Phi) is 5.48. The normalized spacial score (nSPS) is 24.1. The molecule has 3 aromatic rings. The highest BCUT2D eigenvalue weighted by Gasteiger charge is 2.55. The van der Waals surface area contributed by atoms with Gasteiger partial charge < -0.3 is 4.90 Å². The van der Waals surface area contributed by atoms with Crippen molar-refractivity contribution < 1.29 is 9.59 Å². The summed E-state index contributed by atoms with van der Waals surface area (Å²) < 4.78 is 0. The van der Waals surface area contributed by atoms with E-state index in [9.17, 15) is 9.59 Å². The van der Waals surface area contributed by atoms with Crippen molar-refractivity contribution in [2.24, 2.45) is 10.9 Å². The Morgan fingerprint density at radius 2 is 1.58 bits per heavy atom. The van der Waals surface area contributed by atoms with Gasteiger partial charge >= 0.3 is 0 Å². The molecule has 4 heteroatoms. The fourth-order valence-electron chi connectivity index (χ4n) is 6.66. The molecule has 180 valence electrons. The molecule has 0 amide bonds. The minimum absolute atomic E-state index is 0.204. The molecular formula is C32H30N2O2. The summed E-state index contributed by atoms with van der Waals surface area (Å²) in [5, 5.41) is 1.61. The van der Waals surface area contributed by atoms with E-state index in [2.05, 4.69) is 65.6 Å². The summed E-state index contributed by atoms with van der Waals surface area (Å²) >= 11 is 0. The highest BCUT2D eigenvalue weighted by Crippen LogP contribution is 2.55. The maximum absolute atomic E-state index is 12.4. The van der Waals surface area contributed by atoms with E-state index in [-0.39, 0.29) is 28.7 Å². The molecule has 6 rings (SSSR count). The quantitative estimate of drug-likeness (QED) is 0.490. The average molecular weight is 475 g/mol. The lowest BCUT2D eigenvalue weighted by Gasteiger charge is -2.53. The van der Waals surface area contributed by atoms with Gasteiger partial charge in [0.2, 0.25) is 0 Å². The number of fused-ring (bicyclic) bond motifs is 2. The molecule has 0 bridgehead atoms. The monoisotopic (exact) mass is 474 g/mol. The molecule has 0 N–H and O–H groups in total. The molecule has 2 heterocycles. The van der Waals surface area contributed by atoms with Crippen LogP contribution < -0.4 is 15.5 Å². The second-order valence-corrected chi connectivity index (χ2v) is 10.2. The zero-order valence-corrected chi connectivity index (χ0v) is 20.8. The van der Waals surface area contributed by atoms with Gasteiger partial charge in [-0.15, -0.1) is 0 Å². The van der Waals surface area contributed by atoms with Gasteiger partial charge in [-0.1, -0.05) is 79.2 Å². The van der Waals surface area contributed by atoms with E-state index >= 15 is 0 Å². The van der Waals surface area contributed by atoms with Gasteiger partial charge in [-0.05, 0) is 61.6 Å². The van der Waals surface area contributed by atoms with Crippen molar-refractivity contribution in [3.63, 3.8) is 0 Å². The average Bonchev–Trinajstić information content (AvgIpc) is 3.21. The van der Waals surface area contributed by atoms with Crippen molar-refractivity contribution in [3.8, 4) is 0 Å². The number of rotatable bonds is 4. The highest BCUT2D eigenvalue weighted by molar-refractivity contribution is 6.39. The minimum atomic E-state index is -0.383. The predicted molar refractivity (Wildman–Crippen MR) is 143 cm³/mol. The first-order chi connectivity index (χ1) is 17.5. The van der Waals surface area contributed by atoms with Crippen molar-refractivity contribution in [2.75, 3.05) is 4.90 Å². The molecule has 1 spiro atoms. The summed E-state index contributed by atoms with van der Waals surface area (Å²) in [6.45, 7) is 2.93. The summed E-state index contributed by atoms with van der Waals surface area (Å²) in [5.74, 6) is 0.182. The molecule has 4 nitrogen and oxygen atoms in total. The Balaban J connectivity index is 1.64. The van der Waals surface area contributed by atoms with Crippen LogP contribution in [-0.2, 0) is 9.59 Å². The van der Waals surface area contributed by atoms with Gasteiger partial charge in [0, 0.05) is 17.5 Å². The summed E-state index contributed by atoms with van der Waals surface area (Å²) in [6, 6.07) is 27.2. The fourth-order valence-corrected chi connectivity index (χ4v) is 6.66. The van der Waals surface area contributed by atoms with E-state index in [0.717, 1.165) is 41.6 Å². The number of Topliss-reactive ketones (excluding diaryl/α,β-unsaturated/α-hetero) is 2. The van der Waals surface area contributed by atoms with Crippen LogP contribution in [0.15, 0.2) is 89.9 Å². The van der Waals surface area contributed by atoms with E-state index in [4.69, 9.17) is 4.99 Å². The predicted octanol–water partition coefficient (Wildman–Crippen LogP) is 5.18. The topological polar surface area (TPSA) is 49.7 Å². The molecule has 0 saturated heterocycles. The zero-order valence-electron chi connectivity index (χ0n) is 20.8. The summed E-state index contributed by atoms with van der Waals surface area (Å²) in [6.07, 6.45) is 6.83. The first-order valence-corrected chi connectivity index (χ1v) is 12.9. The summed E-state index contributed by atoms with van der Waals surface area (Å²) in [7, 11) is 0. The first-order valence-electron chi connectivity index (χ1n) is 12.9. The fraction of sp³-hybridized carbons (Fsp3) is 0.281. The van der Waals surface area contributed by atoms with Crippen LogP contribution in [0, 0.1) is 5.92 Å². The maximum atomic E-state index is 12.4. The van der Waals surface area contributed by atoms with E-state index in [0.29, 0.717) is 11.1 Å². The van der Waals surface area contributed by atoms with Crippen molar-refractivity contribution in [1.29, 1.82) is 0 Å². The molecule has 3 aliphatic rings. The molecule has 36 heavy (non-hydrogen) atoms. The van der Waals surface area contributed by atoms with Gasteiger partial charge in [0.05, 0.1) is 16.6 Å². The highest BCUT2D eigenvalue weighted by atomic mass is 16.1. The molecule has 1 aliphatic carbocycles. The van der Waals surface area contributed by atoms with Crippen molar-refractivity contribution in [2.45, 2.75) is 51.1 Å². The van der Waals surface area contributed by atoms with Crippen LogP contribution in [0.1, 0.15) is 56.6 Å². The van der Waals surface area contributed by atoms with Gasteiger partial charge in [0.1, 0.15) is 5.66 Å². The number of ketones is 2. The third-order valence-electron chi connectivity index (χ3n) is 8.08. The summed E-state index contributed by atoms with van der Waals surface area (Å²) in [4.78, 5) is 32.7. The second-order valence-electron chi connectivity index (χ2n) is 10.2. The van der Waals surface area contributed by atoms with Crippen molar-refractivity contribution in [3.05, 3.63) is 107 Å². The van der Waals surface area contributed by atoms with Crippen LogP contribution in [0.25, 0.3) is 11.3 Å². The van der Waals surface area contributed by atoms with Crippen LogP contribution in [0.2, 0.25) is 0 Å². The molecule has 0 aromatic heterocycles. The standard InChI is InChI=1S/C32H30N2O2/c1-21(35)31(22(2)36)25-16-17-28-30(19-25)34-29(24-13-7-4-8-14-24)20-26(23-11-5-3-6-12-23)27-15-9-10-18-32(27,34)33-28/h3-8,11-14,16-17,19-20,26-27H,9-10,15,18H2,1-2H3/t26-,27+,32+/m1/s1. The molecule has 2 aliphatic heterocycles. The Morgan fingerprint density at radius 1 is 0.889 bits per heavy atom. The molecule has 3 atom stereocenters. The Hall–Kier alpha value is -3.79. The third-order valence-corrected chi connectivity index (χ3v) is 8.08. The third kappa shape index (κ3) is 3.47. The lowest BCUT2D eigenvalue weighted by molar-refractivity contribution is -0.116. The number of hydrogen-bond donors (Lipinski definition) is 0. The lowest BCUT2D eigenvalue weighted by Crippen LogP contribution is -2.55. The first kappa shape index (κ1) is 22.7. The Bertz CT molecular complexity index is 1490. The Labute approximate surface area is 211 Å². The number of carbonyl (C=O) groups excluding carboxylic acids is 2. The molecular weight excluding hydrogens is 444 g/mol. The second kappa shape index (κ2) is 8.70. The largest absolute Gasteiger partial charge is 0.314 e. The number of carbonyl (C=O) groups is 2. The van der Waals surface area contributed by atoms with E-state index in [1.165, 1.54) is 25.8 Å². The number of hydrogen-bond acceptors (Lipinski definition) is 4. The van der Waals surface area contributed by atoms with Crippen molar-refractivity contribution >= 4 is 28.5 Å². The van der Waals surface area contributed by atoms with Gasteiger partial charge in [0.15, 0.2) is 11.6 Å². The lowest BCUT2D eigenvalue weighted by atomic mass is 9.66. The number of nitrogens with zero attached hydrogens (tertiary/aromatic N) is 2. The van der Waals surface area contributed by atoms with Crippen LogP contribution in [0.4, 0.5) is 5.69 Å². The number of benzene rings is 3. The van der Waals surface area contributed by atoms with Gasteiger partial charge in [0.25, 0.3) is 0 Å². The molecule has 0 radical (unpaired) electrons. The van der Waals surface area contributed by atoms with Crippen LogP contribution >= 0.6 is 0 Å². The van der Waals surface area contributed by atoms with E-state index in [1.807, 2.05) is 24.3 Å². The molecule has 1 saturated carbocycles. The Morgan fingerprint density at radius 3 is 2.28 bits per heavy atom. The van der Waals surface area contributed by atoms with E-state index < -0.39 is 0 Å². The molecule has 0 unspecified atom stereocenters. The van der Waals surface area contributed by atoms with Gasteiger partial charge in [-0.3, -0.25) is 14.6 Å². The molecule has 3 aromatic carbocycles. The minimum Gasteiger partial charge on any atom is -0.314 e. The van der Waals surface area contributed by atoms with Crippen LogP contribution in [0.5, 0.6) is 0 Å². The SMILES string of the molecule is CC(=O)C(C(C)=O)=c1ccc2c(c1)N1C(c3ccccc3)=C[C@H](c3ccccc3)[C@@H]3CCCC[C@@]31N=2. The maximum Gasteiger partial charge on any atom is 0.163 e. The number of anilines is 1. The van der Waals surface area contributed by atoms with Crippen molar-refractivity contribution in [1.82, 2.24) is 0 Å². The van der Waals surface area contributed by atoms with Gasteiger partial charge in [-0.2, -0.15) is 0 Å². The molecule has 1 fully saturated rings. The van der Waals surface area contributed by atoms with Gasteiger partial charge in [-0.25, -0.2) is 0 Å². The summed E-state index contributed by atoms with van der Waals surface area (Å²) in [5.41, 5.74) is 4.48.